The molecule has 164 valence electrons. The number of piperidine rings is 1. The van der Waals surface area contributed by atoms with Gasteiger partial charge >= 0.3 is 0 Å². The number of ether oxygens (including phenoxy) is 1. The topological polar surface area (TPSA) is 93.4 Å². The van der Waals surface area contributed by atoms with E-state index in [0.717, 1.165) is 54.0 Å². The molecule has 0 saturated carbocycles. The fourth-order valence-corrected chi connectivity index (χ4v) is 3.98. The molecule has 1 aromatic carbocycles. The number of hydrogen-bond acceptors (Lipinski definition) is 7. The molecule has 3 aromatic rings. The van der Waals surface area contributed by atoms with Crippen LogP contribution >= 0.6 is 0 Å². The molecular formula is C23H29N5O3. The summed E-state index contributed by atoms with van der Waals surface area (Å²) in [7, 11) is 0. The quantitative estimate of drug-likeness (QED) is 0.622. The van der Waals surface area contributed by atoms with Crippen molar-refractivity contribution < 1.29 is 14.1 Å². The molecule has 1 aliphatic heterocycles. The third-order valence-electron chi connectivity index (χ3n) is 5.51. The molecule has 1 atom stereocenters. The SMILES string of the molecule is CCc1noc2ncnc(N3CCC[C@H](C(=O)NCc4ccc(OC(C)C)cc4)C3)c12. The summed E-state index contributed by atoms with van der Waals surface area (Å²) < 4.78 is 11.0. The van der Waals surface area contributed by atoms with Crippen LogP contribution in [0.3, 0.4) is 0 Å². The number of benzene rings is 1. The summed E-state index contributed by atoms with van der Waals surface area (Å²) in [6, 6.07) is 7.85. The summed E-state index contributed by atoms with van der Waals surface area (Å²) in [5.41, 5.74) is 2.40. The van der Waals surface area contributed by atoms with E-state index in [-0.39, 0.29) is 17.9 Å². The highest BCUT2D eigenvalue weighted by molar-refractivity contribution is 5.88. The van der Waals surface area contributed by atoms with Gasteiger partial charge in [0.05, 0.1) is 17.7 Å². The maximum absolute atomic E-state index is 12.9. The van der Waals surface area contributed by atoms with Crippen molar-refractivity contribution in [2.75, 3.05) is 18.0 Å². The second-order valence-electron chi connectivity index (χ2n) is 8.17. The Bertz CT molecular complexity index is 1030. The van der Waals surface area contributed by atoms with Crippen molar-refractivity contribution in [1.29, 1.82) is 0 Å². The predicted molar refractivity (Wildman–Crippen MR) is 118 cm³/mol. The van der Waals surface area contributed by atoms with Gasteiger partial charge in [-0.2, -0.15) is 4.98 Å². The third-order valence-corrected chi connectivity index (χ3v) is 5.51. The number of hydrogen-bond donors (Lipinski definition) is 1. The molecule has 0 spiro atoms. The molecule has 4 rings (SSSR count). The lowest BCUT2D eigenvalue weighted by Crippen LogP contribution is -2.43. The largest absolute Gasteiger partial charge is 0.491 e. The molecular weight excluding hydrogens is 394 g/mol. The number of fused-ring (bicyclic) bond motifs is 1. The van der Waals surface area contributed by atoms with E-state index in [0.29, 0.717) is 18.8 Å². The maximum Gasteiger partial charge on any atom is 0.263 e. The van der Waals surface area contributed by atoms with Gasteiger partial charge in [-0.25, -0.2) is 4.98 Å². The van der Waals surface area contributed by atoms with E-state index in [4.69, 9.17) is 9.26 Å². The molecule has 1 N–H and O–H groups in total. The van der Waals surface area contributed by atoms with Crippen molar-refractivity contribution >= 4 is 22.8 Å². The van der Waals surface area contributed by atoms with Crippen LogP contribution in [0.2, 0.25) is 0 Å². The minimum absolute atomic E-state index is 0.0681. The van der Waals surface area contributed by atoms with Gasteiger partial charge in [0.2, 0.25) is 5.91 Å². The number of rotatable bonds is 7. The van der Waals surface area contributed by atoms with Gasteiger partial charge in [-0.05, 0) is 50.8 Å². The van der Waals surface area contributed by atoms with E-state index < -0.39 is 0 Å². The molecule has 0 bridgehead atoms. The molecule has 0 radical (unpaired) electrons. The first-order chi connectivity index (χ1) is 15.0. The highest BCUT2D eigenvalue weighted by Crippen LogP contribution is 2.30. The summed E-state index contributed by atoms with van der Waals surface area (Å²) >= 11 is 0. The standard InChI is InChI=1S/C23H29N5O3/c1-4-19-20-21(25-14-26-23(20)31-27-19)28-11-5-6-17(13-28)22(29)24-12-16-7-9-18(10-8-16)30-15(2)3/h7-10,14-15,17H,4-6,11-13H2,1-3H3,(H,24,29)/t17-/m0/s1. The summed E-state index contributed by atoms with van der Waals surface area (Å²) in [5, 5.41) is 8.06. The van der Waals surface area contributed by atoms with E-state index in [1.165, 1.54) is 6.33 Å². The normalized spacial score (nSPS) is 16.6. The van der Waals surface area contributed by atoms with Crippen LogP contribution in [0.25, 0.3) is 11.1 Å². The van der Waals surface area contributed by atoms with Gasteiger partial charge < -0.3 is 19.5 Å². The lowest BCUT2D eigenvalue weighted by molar-refractivity contribution is -0.125. The fourth-order valence-electron chi connectivity index (χ4n) is 3.98. The van der Waals surface area contributed by atoms with Crippen LogP contribution in [0.15, 0.2) is 35.1 Å². The Labute approximate surface area is 182 Å². The minimum Gasteiger partial charge on any atom is -0.491 e. The van der Waals surface area contributed by atoms with Crippen LogP contribution in [0.4, 0.5) is 5.82 Å². The lowest BCUT2D eigenvalue weighted by atomic mass is 9.96. The molecule has 1 saturated heterocycles. The van der Waals surface area contributed by atoms with Crippen molar-refractivity contribution in [1.82, 2.24) is 20.4 Å². The van der Waals surface area contributed by atoms with Gasteiger partial charge in [0.15, 0.2) is 0 Å². The number of aromatic nitrogens is 3. The Morgan fingerprint density at radius 3 is 2.84 bits per heavy atom. The molecule has 8 nitrogen and oxygen atoms in total. The van der Waals surface area contributed by atoms with Crippen LogP contribution in [0, 0.1) is 5.92 Å². The van der Waals surface area contributed by atoms with Crippen LogP contribution in [-0.4, -0.2) is 40.2 Å². The predicted octanol–water partition coefficient (Wildman–Crippen LogP) is 3.50. The third kappa shape index (κ3) is 4.78. The number of aryl methyl sites for hydroxylation is 1. The van der Waals surface area contributed by atoms with E-state index in [1.54, 1.807) is 0 Å². The summed E-state index contributed by atoms with van der Waals surface area (Å²) in [6.45, 7) is 8.00. The number of carbonyl (C=O) groups is 1. The van der Waals surface area contributed by atoms with Gasteiger partial charge in [0, 0.05) is 19.6 Å². The van der Waals surface area contributed by atoms with E-state index >= 15 is 0 Å². The average molecular weight is 424 g/mol. The molecule has 1 aliphatic rings. The number of anilines is 1. The van der Waals surface area contributed by atoms with Gasteiger partial charge in [0.25, 0.3) is 5.71 Å². The molecule has 0 aliphatic carbocycles. The molecule has 8 heteroatoms. The number of nitrogens with zero attached hydrogens (tertiary/aromatic N) is 4. The summed E-state index contributed by atoms with van der Waals surface area (Å²) in [4.78, 5) is 23.7. The zero-order valence-corrected chi connectivity index (χ0v) is 18.3. The van der Waals surface area contributed by atoms with Crippen LogP contribution in [0.5, 0.6) is 5.75 Å². The highest BCUT2D eigenvalue weighted by atomic mass is 16.5. The van der Waals surface area contributed by atoms with Crippen LogP contribution in [-0.2, 0) is 17.8 Å². The van der Waals surface area contributed by atoms with Crippen LogP contribution < -0.4 is 15.0 Å². The van der Waals surface area contributed by atoms with E-state index in [1.807, 2.05) is 45.0 Å². The Balaban J connectivity index is 1.40. The molecule has 0 unspecified atom stereocenters. The second kappa shape index (κ2) is 9.32. The second-order valence-corrected chi connectivity index (χ2v) is 8.17. The van der Waals surface area contributed by atoms with Crippen molar-refractivity contribution in [2.45, 2.75) is 52.7 Å². The highest BCUT2D eigenvalue weighted by Gasteiger charge is 2.28. The monoisotopic (exact) mass is 423 g/mol. The average Bonchev–Trinajstić information content (AvgIpc) is 3.21. The summed E-state index contributed by atoms with van der Waals surface area (Å²) in [5.74, 6) is 1.62. The molecule has 3 heterocycles. The fraction of sp³-hybridized carbons (Fsp3) is 0.478. The molecule has 1 amide bonds. The van der Waals surface area contributed by atoms with Gasteiger partial charge in [-0.1, -0.05) is 24.2 Å². The first-order valence-electron chi connectivity index (χ1n) is 10.9. The van der Waals surface area contributed by atoms with E-state index in [9.17, 15) is 4.79 Å². The molecule has 31 heavy (non-hydrogen) atoms. The molecule has 1 fully saturated rings. The minimum atomic E-state index is -0.0905. The first-order valence-corrected chi connectivity index (χ1v) is 10.9. The number of carbonyl (C=O) groups excluding carboxylic acids is 1. The number of nitrogens with one attached hydrogen (secondary N) is 1. The van der Waals surface area contributed by atoms with Gasteiger partial charge in [-0.15, -0.1) is 0 Å². The lowest BCUT2D eigenvalue weighted by Gasteiger charge is -2.33. The first kappa shape index (κ1) is 21.1. The van der Waals surface area contributed by atoms with E-state index in [2.05, 4.69) is 25.3 Å². The van der Waals surface area contributed by atoms with Gasteiger partial charge in [0.1, 0.15) is 23.3 Å². The maximum atomic E-state index is 12.9. The Morgan fingerprint density at radius 1 is 1.29 bits per heavy atom. The van der Waals surface area contributed by atoms with Crippen LogP contribution in [0.1, 0.15) is 44.9 Å². The Kier molecular flexibility index (Phi) is 6.34. The van der Waals surface area contributed by atoms with Crippen molar-refractivity contribution in [3.63, 3.8) is 0 Å². The Hall–Kier alpha value is -3.16. The summed E-state index contributed by atoms with van der Waals surface area (Å²) in [6.07, 6.45) is 4.17. The number of amides is 1. The van der Waals surface area contributed by atoms with Crippen molar-refractivity contribution in [3.8, 4) is 5.75 Å². The zero-order valence-electron chi connectivity index (χ0n) is 18.3. The van der Waals surface area contributed by atoms with Gasteiger partial charge in [-0.3, -0.25) is 4.79 Å². The molecule has 2 aromatic heterocycles. The van der Waals surface area contributed by atoms with Crippen molar-refractivity contribution in [3.05, 3.63) is 41.9 Å². The Morgan fingerprint density at radius 2 is 2.10 bits per heavy atom. The zero-order chi connectivity index (χ0) is 21.8. The smallest absolute Gasteiger partial charge is 0.263 e. The van der Waals surface area contributed by atoms with Crippen molar-refractivity contribution in [2.24, 2.45) is 5.92 Å².